The van der Waals surface area contributed by atoms with Crippen LogP contribution in [0, 0.1) is 0 Å². The van der Waals surface area contributed by atoms with Crippen molar-refractivity contribution in [2.75, 3.05) is 13.1 Å². The van der Waals surface area contributed by atoms with Gasteiger partial charge >= 0.3 is 0 Å². The molecule has 2 unspecified atom stereocenters. The normalized spacial score (nSPS) is 40.4. The number of nitrogens with one attached hydrogen (secondary N) is 1. The molecule has 0 aromatic carbocycles. The Morgan fingerprint density at radius 1 is 1.64 bits per heavy atom. The molecule has 3 nitrogen and oxygen atoms in total. The number of carbonyl (C=O) groups is 1. The molecule has 0 aromatic rings. The van der Waals surface area contributed by atoms with Crippen molar-refractivity contribution in [3.05, 3.63) is 0 Å². The van der Waals surface area contributed by atoms with E-state index in [4.69, 9.17) is 0 Å². The lowest BCUT2D eigenvalue weighted by molar-refractivity contribution is -0.133. The van der Waals surface area contributed by atoms with Gasteiger partial charge in [0.1, 0.15) is 0 Å². The van der Waals surface area contributed by atoms with Crippen molar-refractivity contribution < 1.29 is 4.79 Å². The minimum absolute atomic E-state index is 0.186. The molecule has 3 heteroatoms. The average molecular weight is 154 g/mol. The molecule has 2 aliphatic heterocycles. The van der Waals surface area contributed by atoms with Gasteiger partial charge in [0.2, 0.25) is 5.91 Å². The Morgan fingerprint density at radius 3 is 3.09 bits per heavy atom. The smallest absolute Gasteiger partial charge is 0.240 e. The van der Waals surface area contributed by atoms with Crippen molar-refractivity contribution in [1.82, 2.24) is 10.2 Å². The van der Waals surface area contributed by atoms with Crippen LogP contribution < -0.4 is 5.32 Å². The van der Waals surface area contributed by atoms with Crippen molar-refractivity contribution in [1.29, 1.82) is 0 Å². The summed E-state index contributed by atoms with van der Waals surface area (Å²) in [6.07, 6.45) is 1.12. The molecular weight excluding hydrogens is 140 g/mol. The van der Waals surface area contributed by atoms with Crippen LogP contribution in [0.1, 0.15) is 20.3 Å². The summed E-state index contributed by atoms with van der Waals surface area (Å²) in [6.45, 7) is 6.09. The fourth-order valence-electron chi connectivity index (χ4n) is 1.89. The van der Waals surface area contributed by atoms with E-state index in [1.165, 1.54) is 0 Å². The Bertz CT molecular complexity index is 200. The monoisotopic (exact) mass is 154 g/mol. The number of fused-ring (bicyclic) bond motifs is 2. The van der Waals surface area contributed by atoms with E-state index in [2.05, 4.69) is 10.2 Å². The van der Waals surface area contributed by atoms with Gasteiger partial charge in [-0.05, 0) is 20.3 Å². The zero-order chi connectivity index (χ0) is 8.06. The van der Waals surface area contributed by atoms with E-state index in [0.717, 1.165) is 19.5 Å². The van der Waals surface area contributed by atoms with Gasteiger partial charge in [0.05, 0.1) is 5.54 Å². The first-order valence-corrected chi connectivity index (χ1v) is 4.17. The van der Waals surface area contributed by atoms with E-state index < -0.39 is 0 Å². The van der Waals surface area contributed by atoms with Crippen LogP contribution in [0.4, 0.5) is 0 Å². The maximum Gasteiger partial charge on any atom is 0.240 e. The number of carbonyl (C=O) groups excluding carboxylic acids is 1. The van der Waals surface area contributed by atoms with Gasteiger partial charge < -0.3 is 5.32 Å². The molecular formula is C8H14N2O. The van der Waals surface area contributed by atoms with E-state index >= 15 is 0 Å². The Morgan fingerprint density at radius 2 is 2.36 bits per heavy atom. The van der Waals surface area contributed by atoms with Crippen molar-refractivity contribution in [3.8, 4) is 0 Å². The molecule has 0 radical (unpaired) electrons. The molecule has 2 fully saturated rings. The maximum atomic E-state index is 11.4. The van der Waals surface area contributed by atoms with Crippen LogP contribution in [-0.4, -0.2) is 35.5 Å². The molecule has 0 aliphatic carbocycles. The summed E-state index contributed by atoms with van der Waals surface area (Å²) in [5.74, 6) is 0.186. The van der Waals surface area contributed by atoms with Crippen LogP contribution in [-0.2, 0) is 4.79 Å². The van der Waals surface area contributed by atoms with E-state index in [0.29, 0.717) is 6.04 Å². The molecule has 2 heterocycles. The number of piperazine rings is 1. The Hall–Kier alpha value is -0.570. The standard InChI is InChI=1S/C8H14N2O/c1-8(2)7(11)9-6-3-4-10(8)5-6/h6H,3-5H2,1-2H3,(H,9,11). The topological polar surface area (TPSA) is 32.3 Å². The fraction of sp³-hybridized carbons (Fsp3) is 0.875. The van der Waals surface area contributed by atoms with Crippen molar-refractivity contribution in [2.45, 2.75) is 31.8 Å². The third-order valence-corrected chi connectivity index (χ3v) is 2.87. The highest BCUT2D eigenvalue weighted by molar-refractivity contribution is 5.86. The Labute approximate surface area is 66.8 Å². The number of nitrogens with zero attached hydrogens (tertiary/aromatic N) is 1. The molecule has 1 amide bonds. The molecule has 2 saturated heterocycles. The summed E-state index contributed by atoms with van der Waals surface area (Å²) in [5.41, 5.74) is -0.271. The van der Waals surface area contributed by atoms with E-state index in [1.54, 1.807) is 0 Å². The summed E-state index contributed by atoms with van der Waals surface area (Å²) in [6, 6.07) is 0.426. The Balaban J connectivity index is 2.27. The predicted molar refractivity (Wildman–Crippen MR) is 42.2 cm³/mol. The molecule has 1 N–H and O–H groups in total. The highest BCUT2D eigenvalue weighted by atomic mass is 16.2. The summed E-state index contributed by atoms with van der Waals surface area (Å²) in [7, 11) is 0. The first kappa shape index (κ1) is 7.10. The van der Waals surface area contributed by atoms with Crippen LogP contribution in [0.15, 0.2) is 0 Å². The first-order chi connectivity index (χ1) is 5.10. The number of amides is 1. The lowest BCUT2D eigenvalue weighted by Gasteiger charge is -2.38. The van der Waals surface area contributed by atoms with E-state index in [9.17, 15) is 4.79 Å². The zero-order valence-electron chi connectivity index (χ0n) is 7.05. The molecule has 0 aromatic heterocycles. The van der Waals surface area contributed by atoms with E-state index in [1.807, 2.05) is 13.8 Å². The predicted octanol–water partition coefficient (Wildman–Crippen LogP) is -0.0309. The van der Waals surface area contributed by atoms with Gasteiger partial charge in [0.25, 0.3) is 0 Å². The van der Waals surface area contributed by atoms with Crippen molar-refractivity contribution in [2.24, 2.45) is 0 Å². The van der Waals surface area contributed by atoms with Gasteiger partial charge in [-0.2, -0.15) is 0 Å². The quantitative estimate of drug-likeness (QED) is 0.531. The van der Waals surface area contributed by atoms with Gasteiger partial charge in [0, 0.05) is 19.1 Å². The van der Waals surface area contributed by atoms with E-state index in [-0.39, 0.29) is 11.4 Å². The summed E-state index contributed by atoms with van der Waals surface area (Å²) >= 11 is 0. The van der Waals surface area contributed by atoms with Crippen LogP contribution in [0.3, 0.4) is 0 Å². The second-order valence-corrected chi connectivity index (χ2v) is 3.96. The molecule has 2 atom stereocenters. The molecule has 2 bridgehead atoms. The second-order valence-electron chi connectivity index (χ2n) is 3.96. The van der Waals surface area contributed by atoms with Crippen LogP contribution in [0.25, 0.3) is 0 Å². The maximum absolute atomic E-state index is 11.4. The molecule has 0 saturated carbocycles. The molecule has 2 rings (SSSR count). The van der Waals surface area contributed by atoms with Crippen LogP contribution in [0.2, 0.25) is 0 Å². The summed E-state index contributed by atoms with van der Waals surface area (Å²) in [4.78, 5) is 13.7. The zero-order valence-corrected chi connectivity index (χ0v) is 7.05. The minimum Gasteiger partial charge on any atom is -0.350 e. The third kappa shape index (κ3) is 0.872. The minimum atomic E-state index is -0.271. The lowest BCUT2D eigenvalue weighted by atomic mass is 10.00. The molecule has 62 valence electrons. The lowest BCUT2D eigenvalue weighted by Crippen LogP contribution is -2.60. The van der Waals surface area contributed by atoms with Crippen molar-refractivity contribution in [3.63, 3.8) is 0 Å². The van der Waals surface area contributed by atoms with Gasteiger partial charge in [0.15, 0.2) is 0 Å². The van der Waals surface area contributed by atoms with Gasteiger partial charge in [-0.1, -0.05) is 0 Å². The van der Waals surface area contributed by atoms with Gasteiger partial charge in [-0.15, -0.1) is 0 Å². The molecule has 0 spiro atoms. The average Bonchev–Trinajstić information content (AvgIpc) is 2.31. The molecule has 2 aliphatic rings. The third-order valence-electron chi connectivity index (χ3n) is 2.87. The second kappa shape index (κ2) is 1.97. The number of rotatable bonds is 0. The fourth-order valence-corrected chi connectivity index (χ4v) is 1.89. The summed E-state index contributed by atoms with van der Waals surface area (Å²) in [5, 5.41) is 3.02. The van der Waals surface area contributed by atoms with Crippen molar-refractivity contribution >= 4 is 5.91 Å². The summed E-state index contributed by atoms with van der Waals surface area (Å²) < 4.78 is 0. The highest BCUT2D eigenvalue weighted by Gasteiger charge is 2.44. The number of hydrogen-bond donors (Lipinski definition) is 1. The van der Waals surface area contributed by atoms with Gasteiger partial charge in [-0.25, -0.2) is 0 Å². The van der Waals surface area contributed by atoms with Gasteiger partial charge in [-0.3, -0.25) is 9.69 Å². The number of hydrogen-bond acceptors (Lipinski definition) is 2. The Kier molecular flexibility index (Phi) is 1.27. The highest BCUT2D eigenvalue weighted by Crippen LogP contribution is 2.25. The van der Waals surface area contributed by atoms with Crippen LogP contribution in [0.5, 0.6) is 0 Å². The molecule has 11 heavy (non-hydrogen) atoms. The van der Waals surface area contributed by atoms with Crippen LogP contribution >= 0.6 is 0 Å². The first-order valence-electron chi connectivity index (χ1n) is 4.17. The largest absolute Gasteiger partial charge is 0.350 e. The SMILES string of the molecule is CC1(C)C(=O)NC2CCN1C2.